The summed E-state index contributed by atoms with van der Waals surface area (Å²) in [5.74, 6) is 0.545. The molecule has 2 aliphatic rings. The van der Waals surface area contributed by atoms with Crippen molar-refractivity contribution in [2.45, 2.75) is 77.0 Å². The second-order valence-corrected chi connectivity index (χ2v) is 5.80. The van der Waals surface area contributed by atoms with Crippen LogP contribution in [0, 0.1) is 5.92 Å². The summed E-state index contributed by atoms with van der Waals surface area (Å²) in [6.07, 6.45) is 8.77. The van der Waals surface area contributed by atoms with E-state index in [0.717, 1.165) is 25.0 Å². The van der Waals surface area contributed by atoms with Gasteiger partial charge >= 0.3 is 0 Å². The van der Waals surface area contributed by atoms with Crippen LogP contribution >= 0.6 is 0 Å². The van der Waals surface area contributed by atoms with Gasteiger partial charge in [0.2, 0.25) is 0 Å². The van der Waals surface area contributed by atoms with Crippen LogP contribution in [0.15, 0.2) is 0 Å². The van der Waals surface area contributed by atoms with Crippen molar-refractivity contribution in [3.05, 3.63) is 0 Å². The van der Waals surface area contributed by atoms with Crippen molar-refractivity contribution >= 4 is 0 Å². The third-order valence-electron chi connectivity index (χ3n) is 4.74. The normalized spacial score (nSPS) is 41.4. The highest BCUT2D eigenvalue weighted by Gasteiger charge is 2.33. The summed E-state index contributed by atoms with van der Waals surface area (Å²) >= 11 is 0. The van der Waals surface area contributed by atoms with Crippen molar-refractivity contribution in [1.29, 1.82) is 0 Å². The number of aliphatic hydroxyl groups excluding tert-OH is 1. The minimum Gasteiger partial charge on any atom is -0.393 e. The Morgan fingerprint density at radius 3 is 2.56 bits per heavy atom. The zero-order valence-corrected chi connectivity index (χ0v) is 10.9. The van der Waals surface area contributed by atoms with E-state index in [0.29, 0.717) is 5.92 Å². The molecule has 4 atom stereocenters. The Morgan fingerprint density at radius 1 is 1.12 bits per heavy atom. The molecule has 94 valence electrons. The Labute approximate surface area is 100 Å². The summed E-state index contributed by atoms with van der Waals surface area (Å²) in [5.41, 5.74) is 0. The van der Waals surface area contributed by atoms with Crippen molar-refractivity contribution in [3.8, 4) is 0 Å². The van der Waals surface area contributed by atoms with Gasteiger partial charge in [-0.05, 0) is 44.9 Å². The van der Waals surface area contributed by atoms with Crippen molar-refractivity contribution in [2.24, 2.45) is 5.92 Å². The lowest BCUT2D eigenvalue weighted by atomic mass is 9.86. The third kappa shape index (κ3) is 2.60. The molecule has 16 heavy (non-hydrogen) atoms. The minimum absolute atomic E-state index is 0.0287. The van der Waals surface area contributed by atoms with Gasteiger partial charge in [0.25, 0.3) is 0 Å². The van der Waals surface area contributed by atoms with Gasteiger partial charge in [-0.1, -0.05) is 19.8 Å². The lowest BCUT2D eigenvalue weighted by Gasteiger charge is -2.35. The molecule has 2 nitrogen and oxygen atoms in total. The van der Waals surface area contributed by atoms with Crippen molar-refractivity contribution < 1.29 is 5.11 Å². The number of hydrogen-bond donors (Lipinski definition) is 1. The van der Waals surface area contributed by atoms with Gasteiger partial charge in [0.15, 0.2) is 0 Å². The van der Waals surface area contributed by atoms with Crippen LogP contribution in [-0.2, 0) is 0 Å². The van der Waals surface area contributed by atoms with E-state index in [1.165, 1.54) is 38.5 Å². The first kappa shape index (κ1) is 12.4. The molecule has 0 radical (unpaired) electrons. The van der Waals surface area contributed by atoms with Gasteiger partial charge in [0.1, 0.15) is 0 Å². The zero-order chi connectivity index (χ0) is 11.5. The summed E-state index contributed by atoms with van der Waals surface area (Å²) in [6.45, 7) is 5.79. The molecule has 0 aromatic heterocycles. The maximum Gasteiger partial charge on any atom is 0.0580 e. The van der Waals surface area contributed by atoms with E-state index in [-0.39, 0.29) is 6.10 Å². The number of likely N-dealkylation sites (tertiary alicyclic amines) is 1. The Balaban J connectivity index is 1.91. The van der Waals surface area contributed by atoms with Gasteiger partial charge in [-0.15, -0.1) is 0 Å². The molecule has 1 aliphatic heterocycles. The standard InChI is InChI=1S/C14H27NO/c1-3-13-9-8-11(2)15(13)10-12-6-4-5-7-14(12)16/h11-14,16H,3-10H2,1-2H3. The van der Waals surface area contributed by atoms with Gasteiger partial charge in [-0.2, -0.15) is 0 Å². The molecule has 1 N–H and O–H groups in total. The predicted molar refractivity (Wildman–Crippen MR) is 67.4 cm³/mol. The summed E-state index contributed by atoms with van der Waals surface area (Å²) in [6, 6.07) is 1.52. The molecule has 2 rings (SSSR count). The molecule has 4 unspecified atom stereocenters. The van der Waals surface area contributed by atoms with Crippen molar-refractivity contribution in [3.63, 3.8) is 0 Å². The van der Waals surface area contributed by atoms with E-state index in [1.54, 1.807) is 0 Å². The molecule has 1 heterocycles. The molecule has 0 spiro atoms. The fraction of sp³-hybridized carbons (Fsp3) is 1.00. The van der Waals surface area contributed by atoms with Crippen LogP contribution in [-0.4, -0.2) is 34.7 Å². The number of nitrogens with zero attached hydrogens (tertiary/aromatic N) is 1. The van der Waals surface area contributed by atoms with Crippen LogP contribution in [0.2, 0.25) is 0 Å². The molecule has 1 saturated heterocycles. The quantitative estimate of drug-likeness (QED) is 0.798. The van der Waals surface area contributed by atoms with Gasteiger partial charge in [0.05, 0.1) is 6.10 Å². The Morgan fingerprint density at radius 2 is 1.88 bits per heavy atom. The largest absolute Gasteiger partial charge is 0.393 e. The highest BCUT2D eigenvalue weighted by Crippen LogP contribution is 2.31. The van der Waals surface area contributed by atoms with Gasteiger partial charge in [0, 0.05) is 18.6 Å². The predicted octanol–water partition coefficient (Wildman–Crippen LogP) is 2.80. The fourth-order valence-electron chi connectivity index (χ4n) is 3.56. The molecule has 2 fully saturated rings. The Hall–Kier alpha value is -0.0800. The van der Waals surface area contributed by atoms with E-state index >= 15 is 0 Å². The van der Waals surface area contributed by atoms with E-state index in [2.05, 4.69) is 18.7 Å². The molecule has 1 saturated carbocycles. The van der Waals surface area contributed by atoms with Crippen molar-refractivity contribution in [1.82, 2.24) is 4.90 Å². The first-order valence-corrected chi connectivity index (χ1v) is 7.16. The number of rotatable bonds is 3. The van der Waals surface area contributed by atoms with Crippen LogP contribution in [0.1, 0.15) is 58.8 Å². The van der Waals surface area contributed by atoms with Crippen LogP contribution in [0.3, 0.4) is 0 Å². The molecule has 0 aromatic carbocycles. The third-order valence-corrected chi connectivity index (χ3v) is 4.74. The monoisotopic (exact) mass is 225 g/mol. The van der Waals surface area contributed by atoms with Crippen LogP contribution < -0.4 is 0 Å². The molecule has 0 amide bonds. The summed E-state index contributed by atoms with van der Waals surface area (Å²) in [4.78, 5) is 2.67. The molecule has 1 aliphatic carbocycles. The van der Waals surface area contributed by atoms with Crippen LogP contribution in [0.25, 0.3) is 0 Å². The average Bonchev–Trinajstić information content (AvgIpc) is 2.63. The zero-order valence-electron chi connectivity index (χ0n) is 10.9. The smallest absolute Gasteiger partial charge is 0.0580 e. The van der Waals surface area contributed by atoms with Crippen molar-refractivity contribution in [2.75, 3.05) is 6.54 Å². The van der Waals surface area contributed by atoms with E-state index < -0.39 is 0 Å². The van der Waals surface area contributed by atoms with E-state index in [1.807, 2.05) is 0 Å². The second kappa shape index (κ2) is 5.50. The summed E-state index contributed by atoms with van der Waals surface area (Å²) < 4.78 is 0. The molecule has 0 bridgehead atoms. The number of hydrogen-bond acceptors (Lipinski definition) is 2. The highest BCUT2D eigenvalue weighted by molar-refractivity contribution is 4.88. The van der Waals surface area contributed by atoms with E-state index in [9.17, 15) is 5.11 Å². The van der Waals surface area contributed by atoms with Gasteiger partial charge < -0.3 is 5.11 Å². The Kier molecular flexibility index (Phi) is 4.26. The van der Waals surface area contributed by atoms with Gasteiger partial charge in [-0.25, -0.2) is 0 Å². The molecular weight excluding hydrogens is 198 g/mol. The second-order valence-electron chi connectivity index (χ2n) is 5.80. The maximum atomic E-state index is 10.0. The summed E-state index contributed by atoms with van der Waals surface area (Å²) in [7, 11) is 0. The molecule has 0 aromatic rings. The fourth-order valence-corrected chi connectivity index (χ4v) is 3.56. The lowest BCUT2D eigenvalue weighted by Crippen LogP contribution is -2.42. The van der Waals surface area contributed by atoms with Crippen LogP contribution in [0.4, 0.5) is 0 Å². The lowest BCUT2D eigenvalue weighted by molar-refractivity contribution is 0.0355. The topological polar surface area (TPSA) is 23.5 Å². The SMILES string of the molecule is CCC1CCC(C)N1CC1CCCCC1O. The highest BCUT2D eigenvalue weighted by atomic mass is 16.3. The number of aliphatic hydroxyl groups is 1. The average molecular weight is 225 g/mol. The van der Waals surface area contributed by atoms with E-state index in [4.69, 9.17) is 0 Å². The maximum absolute atomic E-state index is 10.0. The molecular formula is C14H27NO. The Bertz CT molecular complexity index is 219. The molecule has 2 heteroatoms. The summed E-state index contributed by atoms with van der Waals surface area (Å²) in [5, 5.41) is 10.0. The first-order valence-electron chi connectivity index (χ1n) is 7.16. The minimum atomic E-state index is -0.0287. The van der Waals surface area contributed by atoms with Crippen LogP contribution in [0.5, 0.6) is 0 Å². The van der Waals surface area contributed by atoms with Gasteiger partial charge in [-0.3, -0.25) is 4.90 Å². The first-order chi connectivity index (χ1) is 7.72.